The monoisotopic (exact) mass is 219 g/mol. The molecule has 2 heterocycles. The lowest BCUT2D eigenvalue weighted by atomic mass is 9.96. The summed E-state index contributed by atoms with van der Waals surface area (Å²) in [4.78, 5) is 9.13. The average Bonchev–Trinajstić information content (AvgIpc) is 2.75. The van der Waals surface area contributed by atoms with Gasteiger partial charge in [0.1, 0.15) is 5.82 Å². The lowest BCUT2D eigenvalue weighted by Crippen LogP contribution is -2.13. The molecule has 0 aromatic carbocycles. The van der Waals surface area contributed by atoms with Crippen molar-refractivity contribution in [1.82, 2.24) is 15.3 Å². The third-order valence-electron chi connectivity index (χ3n) is 3.44. The van der Waals surface area contributed by atoms with Crippen molar-refractivity contribution < 1.29 is 0 Å². The quantitative estimate of drug-likeness (QED) is 0.842. The zero-order chi connectivity index (χ0) is 11.5. The Balaban J connectivity index is 2.19. The molecule has 2 rings (SSSR count). The first-order valence-corrected chi connectivity index (χ1v) is 6.24. The molecule has 1 fully saturated rings. The molecule has 0 spiro atoms. The van der Waals surface area contributed by atoms with Crippen LogP contribution in [0.5, 0.6) is 0 Å². The van der Waals surface area contributed by atoms with Crippen molar-refractivity contribution in [2.45, 2.75) is 40.0 Å². The third-order valence-corrected chi connectivity index (χ3v) is 3.44. The van der Waals surface area contributed by atoms with E-state index in [1.807, 2.05) is 0 Å². The van der Waals surface area contributed by atoms with Crippen molar-refractivity contribution in [3.63, 3.8) is 0 Å². The predicted octanol–water partition coefficient (Wildman–Crippen LogP) is 1.81. The normalized spacial score (nSPS) is 20.3. The van der Waals surface area contributed by atoms with Crippen LogP contribution < -0.4 is 5.32 Å². The minimum absolute atomic E-state index is 0.772. The second-order valence-corrected chi connectivity index (χ2v) is 4.71. The highest BCUT2D eigenvalue weighted by atomic mass is 14.9. The molecule has 3 nitrogen and oxygen atoms in total. The largest absolute Gasteiger partial charge is 0.316 e. The van der Waals surface area contributed by atoms with Crippen LogP contribution in [0.3, 0.4) is 0 Å². The minimum Gasteiger partial charge on any atom is -0.316 e. The van der Waals surface area contributed by atoms with E-state index < -0.39 is 0 Å². The molecule has 0 amide bonds. The lowest BCUT2D eigenvalue weighted by molar-refractivity contribution is 0.572. The Morgan fingerprint density at radius 2 is 1.94 bits per heavy atom. The van der Waals surface area contributed by atoms with E-state index in [1.165, 1.54) is 23.4 Å². The minimum atomic E-state index is 0.772. The van der Waals surface area contributed by atoms with Gasteiger partial charge in [0.05, 0.1) is 0 Å². The summed E-state index contributed by atoms with van der Waals surface area (Å²) >= 11 is 0. The van der Waals surface area contributed by atoms with Crippen LogP contribution >= 0.6 is 0 Å². The van der Waals surface area contributed by atoms with E-state index >= 15 is 0 Å². The molecule has 1 N–H and O–H groups in total. The third kappa shape index (κ3) is 2.40. The summed E-state index contributed by atoms with van der Waals surface area (Å²) in [7, 11) is 0. The van der Waals surface area contributed by atoms with Gasteiger partial charge in [0.2, 0.25) is 0 Å². The van der Waals surface area contributed by atoms with Crippen LogP contribution in [0, 0.1) is 19.8 Å². The van der Waals surface area contributed by atoms with E-state index in [-0.39, 0.29) is 0 Å². The van der Waals surface area contributed by atoms with Crippen molar-refractivity contribution in [2.24, 2.45) is 5.92 Å². The highest BCUT2D eigenvalue weighted by Crippen LogP contribution is 2.19. The van der Waals surface area contributed by atoms with E-state index in [1.54, 1.807) is 0 Å². The highest BCUT2D eigenvalue weighted by molar-refractivity contribution is 5.25. The van der Waals surface area contributed by atoms with Gasteiger partial charge in [-0.25, -0.2) is 9.97 Å². The number of rotatable bonds is 3. The maximum absolute atomic E-state index is 4.56. The van der Waals surface area contributed by atoms with Crippen LogP contribution in [-0.4, -0.2) is 23.1 Å². The first-order valence-electron chi connectivity index (χ1n) is 6.24. The first-order chi connectivity index (χ1) is 7.70. The van der Waals surface area contributed by atoms with Gasteiger partial charge >= 0.3 is 0 Å². The maximum atomic E-state index is 4.56. The summed E-state index contributed by atoms with van der Waals surface area (Å²) in [6.45, 7) is 8.65. The fourth-order valence-corrected chi connectivity index (χ4v) is 2.44. The molecule has 0 saturated carbocycles. The van der Waals surface area contributed by atoms with E-state index in [2.05, 4.69) is 36.1 Å². The zero-order valence-electron chi connectivity index (χ0n) is 10.5. The summed E-state index contributed by atoms with van der Waals surface area (Å²) in [6.07, 6.45) is 3.34. The van der Waals surface area contributed by atoms with Gasteiger partial charge in [0.15, 0.2) is 0 Å². The van der Waals surface area contributed by atoms with Crippen molar-refractivity contribution in [3.8, 4) is 0 Å². The molecule has 0 radical (unpaired) electrons. The topological polar surface area (TPSA) is 37.8 Å². The van der Waals surface area contributed by atoms with Crippen LogP contribution in [0.4, 0.5) is 0 Å². The fourth-order valence-electron chi connectivity index (χ4n) is 2.44. The first kappa shape index (κ1) is 11.5. The van der Waals surface area contributed by atoms with Crippen LogP contribution in [0.2, 0.25) is 0 Å². The van der Waals surface area contributed by atoms with E-state index in [9.17, 15) is 0 Å². The van der Waals surface area contributed by atoms with Crippen LogP contribution in [0.25, 0.3) is 0 Å². The molecule has 1 unspecified atom stereocenters. The molecule has 0 bridgehead atoms. The molecule has 3 heteroatoms. The summed E-state index contributed by atoms with van der Waals surface area (Å²) in [5.41, 5.74) is 3.72. The molecule has 1 aliphatic heterocycles. The zero-order valence-corrected chi connectivity index (χ0v) is 10.5. The van der Waals surface area contributed by atoms with Gasteiger partial charge in [-0.3, -0.25) is 0 Å². The Labute approximate surface area is 97.7 Å². The van der Waals surface area contributed by atoms with E-state index in [0.29, 0.717) is 0 Å². The number of aryl methyl sites for hydroxylation is 3. The van der Waals surface area contributed by atoms with Crippen molar-refractivity contribution in [3.05, 3.63) is 22.8 Å². The Morgan fingerprint density at radius 1 is 1.25 bits per heavy atom. The van der Waals surface area contributed by atoms with E-state index in [0.717, 1.165) is 37.7 Å². The van der Waals surface area contributed by atoms with Gasteiger partial charge in [-0.05, 0) is 51.3 Å². The molecule has 88 valence electrons. The number of aromatic nitrogens is 2. The highest BCUT2D eigenvalue weighted by Gasteiger charge is 2.18. The molecule has 0 aliphatic carbocycles. The second-order valence-electron chi connectivity index (χ2n) is 4.71. The van der Waals surface area contributed by atoms with Crippen molar-refractivity contribution >= 4 is 0 Å². The van der Waals surface area contributed by atoms with Gasteiger partial charge in [0, 0.05) is 17.8 Å². The Bertz CT molecular complexity index is 344. The molecule has 1 saturated heterocycles. The second kappa shape index (κ2) is 4.91. The summed E-state index contributed by atoms with van der Waals surface area (Å²) in [5, 5.41) is 3.41. The molecule has 16 heavy (non-hydrogen) atoms. The van der Waals surface area contributed by atoms with Gasteiger partial charge in [-0.1, -0.05) is 6.92 Å². The van der Waals surface area contributed by atoms with Crippen LogP contribution in [0.1, 0.15) is 36.1 Å². The molecular formula is C13H21N3. The van der Waals surface area contributed by atoms with Crippen LogP contribution in [-0.2, 0) is 12.8 Å². The summed E-state index contributed by atoms with van der Waals surface area (Å²) in [5.74, 6) is 1.75. The van der Waals surface area contributed by atoms with Gasteiger partial charge < -0.3 is 5.32 Å². The van der Waals surface area contributed by atoms with Crippen molar-refractivity contribution in [2.75, 3.05) is 13.1 Å². The van der Waals surface area contributed by atoms with Gasteiger partial charge in [-0.15, -0.1) is 0 Å². The van der Waals surface area contributed by atoms with Gasteiger partial charge in [0.25, 0.3) is 0 Å². The Morgan fingerprint density at radius 3 is 2.44 bits per heavy atom. The Kier molecular flexibility index (Phi) is 3.54. The molecule has 1 aliphatic rings. The number of hydrogen-bond donors (Lipinski definition) is 1. The molecular weight excluding hydrogens is 198 g/mol. The van der Waals surface area contributed by atoms with Gasteiger partial charge in [-0.2, -0.15) is 0 Å². The number of hydrogen-bond acceptors (Lipinski definition) is 3. The number of nitrogens with one attached hydrogen (secondary N) is 1. The Hall–Kier alpha value is -0.960. The maximum Gasteiger partial charge on any atom is 0.128 e. The molecule has 1 aromatic heterocycles. The lowest BCUT2D eigenvalue weighted by Gasteiger charge is -2.13. The summed E-state index contributed by atoms with van der Waals surface area (Å²) < 4.78 is 0. The smallest absolute Gasteiger partial charge is 0.128 e. The summed E-state index contributed by atoms with van der Waals surface area (Å²) in [6, 6.07) is 0. The molecule has 1 atom stereocenters. The predicted molar refractivity (Wildman–Crippen MR) is 65.6 cm³/mol. The fraction of sp³-hybridized carbons (Fsp3) is 0.692. The van der Waals surface area contributed by atoms with E-state index in [4.69, 9.17) is 0 Å². The number of nitrogens with zero attached hydrogens (tertiary/aromatic N) is 2. The standard InChI is InChI=1S/C13H21N3/c1-4-13-15-9(2)12(10(3)16-13)7-11-5-6-14-8-11/h11,14H,4-8H2,1-3H3. The SMILES string of the molecule is CCc1nc(C)c(CC2CCNC2)c(C)n1. The van der Waals surface area contributed by atoms with Crippen LogP contribution in [0.15, 0.2) is 0 Å². The molecule has 1 aromatic rings. The average molecular weight is 219 g/mol. The van der Waals surface area contributed by atoms with Crippen molar-refractivity contribution in [1.29, 1.82) is 0 Å².